The van der Waals surface area contributed by atoms with Crippen molar-refractivity contribution < 1.29 is 36.2 Å². The first kappa shape index (κ1) is 28.4. The van der Waals surface area contributed by atoms with Crippen molar-refractivity contribution in [3.05, 3.63) is 71.8 Å². The third-order valence-electron chi connectivity index (χ3n) is 7.69. The molecule has 1 atom stereocenters. The molecule has 1 heterocycles. The van der Waals surface area contributed by atoms with Gasteiger partial charge in [-0.15, -0.1) is 0 Å². The molecule has 7 nitrogen and oxygen atoms in total. The van der Waals surface area contributed by atoms with E-state index < -0.39 is 33.8 Å². The Kier molecular flexibility index (Phi) is 8.08. The lowest BCUT2D eigenvalue weighted by Crippen LogP contribution is -2.58. The number of hydrogen-bond acceptors (Lipinski definition) is 5. The van der Waals surface area contributed by atoms with Crippen LogP contribution in [0.3, 0.4) is 0 Å². The normalized spacial score (nSPS) is 19.7. The van der Waals surface area contributed by atoms with Crippen LogP contribution in [0.4, 0.5) is 13.2 Å². The summed E-state index contributed by atoms with van der Waals surface area (Å²) in [7, 11) is -4.10. The van der Waals surface area contributed by atoms with Crippen molar-refractivity contribution in [2.45, 2.75) is 55.3 Å². The Balaban J connectivity index is 1.26. The van der Waals surface area contributed by atoms with Crippen molar-refractivity contribution in [1.82, 2.24) is 9.21 Å². The van der Waals surface area contributed by atoms with Gasteiger partial charge in [-0.1, -0.05) is 24.3 Å². The quantitative estimate of drug-likeness (QED) is 0.398. The molecule has 0 unspecified atom stereocenters. The average molecular weight is 577 g/mol. The highest BCUT2D eigenvalue weighted by Crippen LogP contribution is 2.31. The van der Waals surface area contributed by atoms with Crippen molar-refractivity contribution in [1.29, 1.82) is 0 Å². The molecule has 0 spiro atoms. The highest BCUT2D eigenvalue weighted by atomic mass is 32.2. The summed E-state index contributed by atoms with van der Waals surface area (Å²) in [6.07, 6.45) is 0.582. The van der Waals surface area contributed by atoms with Crippen LogP contribution in [0.5, 0.6) is 5.75 Å². The summed E-state index contributed by atoms with van der Waals surface area (Å²) >= 11 is 0. The van der Waals surface area contributed by atoms with Crippen LogP contribution in [0.1, 0.15) is 36.8 Å². The van der Waals surface area contributed by atoms with Gasteiger partial charge >= 0.3 is 12.1 Å². The number of rotatable bonds is 8. The topological polar surface area (TPSA) is 87.2 Å². The molecule has 1 N–H and O–H groups in total. The van der Waals surface area contributed by atoms with Crippen LogP contribution in [0, 0.1) is 0 Å². The predicted octanol–water partition coefficient (Wildman–Crippen LogP) is 5.18. The number of nitrogens with zero attached hydrogens (tertiary/aromatic N) is 2. The van der Waals surface area contributed by atoms with Crippen molar-refractivity contribution in [3.8, 4) is 5.75 Å². The van der Waals surface area contributed by atoms with Crippen LogP contribution in [0.15, 0.2) is 65.6 Å². The molecule has 0 bridgehead atoms. The van der Waals surface area contributed by atoms with Crippen molar-refractivity contribution >= 4 is 26.8 Å². The minimum absolute atomic E-state index is 0.0154. The lowest BCUT2D eigenvalue weighted by Gasteiger charge is -2.38. The van der Waals surface area contributed by atoms with Crippen LogP contribution in [0.2, 0.25) is 0 Å². The summed E-state index contributed by atoms with van der Waals surface area (Å²) in [4.78, 5) is 14.0. The minimum Gasteiger partial charge on any atom is -0.490 e. The van der Waals surface area contributed by atoms with Crippen LogP contribution < -0.4 is 4.74 Å². The minimum atomic E-state index is -4.41. The lowest BCUT2D eigenvalue weighted by molar-refractivity contribution is -0.143. The van der Waals surface area contributed by atoms with Crippen molar-refractivity contribution in [3.63, 3.8) is 0 Å². The molecule has 3 aromatic rings. The molecule has 2 fully saturated rings. The molecule has 5 rings (SSSR count). The molecule has 214 valence electrons. The Hall–Kier alpha value is -3.15. The standard InChI is InChI=1S/C29H31F3N2O5S/c30-29(31,32)23-9-5-20(6-10-23)13-14-33-15-16-34(27(19-33)28(35)36)40(37,38)26-12-8-21-17-25(11-7-22(21)18-26)39-24-3-1-2-4-24/h5-12,17-18,24,27H,1-4,13-16,19H2,(H,35,36)/t27-/m0/s1. The fourth-order valence-electron chi connectivity index (χ4n) is 5.43. The van der Waals surface area contributed by atoms with Gasteiger partial charge in [0.05, 0.1) is 16.6 Å². The van der Waals surface area contributed by atoms with Gasteiger partial charge in [0.1, 0.15) is 11.8 Å². The summed E-state index contributed by atoms with van der Waals surface area (Å²) in [6.45, 7) is 0.659. The molecule has 40 heavy (non-hydrogen) atoms. The Morgan fingerprint density at radius 3 is 2.30 bits per heavy atom. The average Bonchev–Trinajstić information content (AvgIpc) is 3.44. The molecule has 2 aliphatic rings. The molecule has 1 aliphatic carbocycles. The molecule has 11 heteroatoms. The molecule has 1 aliphatic heterocycles. The summed E-state index contributed by atoms with van der Waals surface area (Å²) in [5, 5.41) is 11.4. The maximum absolute atomic E-state index is 13.6. The van der Waals surface area contributed by atoms with Gasteiger partial charge in [0.15, 0.2) is 0 Å². The number of carbonyl (C=O) groups is 1. The van der Waals surface area contributed by atoms with Gasteiger partial charge in [-0.3, -0.25) is 9.69 Å². The zero-order chi connectivity index (χ0) is 28.5. The second kappa shape index (κ2) is 11.4. The summed E-state index contributed by atoms with van der Waals surface area (Å²) in [5.41, 5.74) is -0.0459. The van der Waals surface area contributed by atoms with Gasteiger partial charge in [-0.25, -0.2) is 8.42 Å². The maximum atomic E-state index is 13.6. The number of benzene rings is 3. The fraction of sp³-hybridized carbons (Fsp3) is 0.414. The van der Waals surface area contributed by atoms with Crippen LogP contribution >= 0.6 is 0 Å². The van der Waals surface area contributed by atoms with Crippen LogP contribution in [-0.2, 0) is 27.4 Å². The fourth-order valence-corrected chi connectivity index (χ4v) is 7.03. The monoisotopic (exact) mass is 576 g/mol. The van der Waals surface area contributed by atoms with Crippen LogP contribution in [-0.4, -0.2) is 67.0 Å². The third-order valence-corrected chi connectivity index (χ3v) is 9.60. The Bertz CT molecular complexity index is 1470. The first-order chi connectivity index (χ1) is 19.0. The largest absolute Gasteiger partial charge is 0.490 e. The molecule has 0 amide bonds. The molecule has 1 saturated carbocycles. The highest BCUT2D eigenvalue weighted by Gasteiger charge is 2.40. The number of fused-ring (bicyclic) bond motifs is 1. The SMILES string of the molecule is O=C(O)[C@@H]1CN(CCc2ccc(C(F)(F)F)cc2)CCN1S(=O)(=O)c1ccc2cc(OC3CCCC3)ccc2c1. The number of carboxylic acid groups (broad SMARTS) is 1. The summed E-state index contributed by atoms with van der Waals surface area (Å²) in [5.74, 6) is -0.509. The number of alkyl halides is 3. The Morgan fingerprint density at radius 2 is 1.62 bits per heavy atom. The number of aliphatic carboxylic acids is 1. The molecule has 1 saturated heterocycles. The van der Waals surface area contributed by atoms with E-state index in [1.165, 1.54) is 18.2 Å². The van der Waals surface area contributed by atoms with Crippen molar-refractivity contribution in [2.24, 2.45) is 0 Å². The third kappa shape index (κ3) is 6.26. The number of carboxylic acids is 1. The van der Waals surface area contributed by atoms with Gasteiger partial charge in [0, 0.05) is 26.2 Å². The van der Waals surface area contributed by atoms with E-state index in [0.29, 0.717) is 30.5 Å². The highest BCUT2D eigenvalue weighted by molar-refractivity contribution is 7.89. The molecule has 3 aromatic carbocycles. The van der Waals surface area contributed by atoms with Gasteiger partial charge < -0.3 is 9.84 Å². The molecular weight excluding hydrogens is 545 g/mol. The number of hydrogen-bond donors (Lipinski definition) is 1. The van der Waals surface area contributed by atoms with Gasteiger partial charge in [-0.2, -0.15) is 17.5 Å². The van der Waals surface area contributed by atoms with E-state index in [-0.39, 0.29) is 24.1 Å². The Labute approximate surface area is 231 Å². The van der Waals surface area contributed by atoms with E-state index in [0.717, 1.165) is 53.3 Å². The zero-order valence-electron chi connectivity index (χ0n) is 21.8. The number of piperazine rings is 1. The predicted molar refractivity (Wildman–Crippen MR) is 144 cm³/mol. The molecule has 0 radical (unpaired) electrons. The summed E-state index contributed by atoms with van der Waals surface area (Å²) in [6, 6.07) is 13.8. The zero-order valence-corrected chi connectivity index (χ0v) is 22.6. The van der Waals surface area contributed by atoms with E-state index >= 15 is 0 Å². The number of ether oxygens (including phenoxy) is 1. The van der Waals surface area contributed by atoms with E-state index in [4.69, 9.17) is 4.74 Å². The van der Waals surface area contributed by atoms with E-state index in [9.17, 15) is 31.5 Å². The summed E-state index contributed by atoms with van der Waals surface area (Å²) < 4.78 is 72.6. The lowest BCUT2D eigenvalue weighted by atomic mass is 10.1. The van der Waals surface area contributed by atoms with E-state index in [1.54, 1.807) is 12.1 Å². The number of halogens is 3. The van der Waals surface area contributed by atoms with Crippen LogP contribution in [0.25, 0.3) is 10.8 Å². The molecule has 0 aromatic heterocycles. The smallest absolute Gasteiger partial charge is 0.416 e. The van der Waals surface area contributed by atoms with Gasteiger partial charge in [0.2, 0.25) is 10.0 Å². The second-order valence-electron chi connectivity index (χ2n) is 10.4. The van der Waals surface area contributed by atoms with Gasteiger partial charge in [0.25, 0.3) is 0 Å². The maximum Gasteiger partial charge on any atom is 0.416 e. The molecular formula is C29H31F3N2O5S. The first-order valence-corrected chi connectivity index (χ1v) is 14.8. The Morgan fingerprint density at radius 1 is 0.950 bits per heavy atom. The van der Waals surface area contributed by atoms with Crippen molar-refractivity contribution in [2.75, 3.05) is 26.2 Å². The van der Waals surface area contributed by atoms with E-state index in [1.807, 2.05) is 23.1 Å². The number of sulfonamides is 1. The second-order valence-corrected chi connectivity index (χ2v) is 12.3. The van der Waals surface area contributed by atoms with E-state index in [2.05, 4.69) is 0 Å². The van der Waals surface area contributed by atoms with Gasteiger partial charge in [-0.05, 0) is 84.8 Å². The first-order valence-electron chi connectivity index (χ1n) is 13.3.